The predicted octanol–water partition coefficient (Wildman–Crippen LogP) is 5.52. The summed E-state index contributed by atoms with van der Waals surface area (Å²) in [4.78, 5) is 42.0. The second-order valence-corrected chi connectivity index (χ2v) is 9.63. The number of benzene rings is 2. The Morgan fingerprint density at radius 2 is 1.78 bits per heavy atom. The Labute approximate surface area is 236 Å². The highest BCUT2D eigenvalue weighted by atomic mass is 16.5. The van der Waals surface area contributed by atoms with Crippen molar-refractivity contribution >= 4 is 34.8 Å². The number of carbonyl (C=O) groups is 3. The fourth-order valence-corrected chi connectivity index (χ4v) is 4.96. The van der Waals surface area contributed by atoms with Crippen LogP contribution in [0.4, 0.5) is 15.4 Å². The largest absolute Gasteiger partial charge is 0.490 e. The van der Waals surface area contributed by atoms with E-state index in [1.165, 1.54) is 9.47 Å². The molecule has 0 aliphatic carbocycles. The maximum absolute atomic E-state index is 12.9. The lowest BCUT2D eigenvalue weighted by atomic mass is 9.89. The molecule has 0 radical (unpaired) electrons. The van der Waals surface area contributed by atoms with Crippen LogP contribution in [-0.2, 0) is 0 Å². The van der Waals surface area contributed by atoms with E-state index in [1.807, 2.05) is 25.1 Å². The van der Waals surface area contributed by atoms with Crippen LogP contribution in [0.25, 0.3) is 10.9 Å². The van der Waals surface area contributed by atoms with Crippen molar-refractivity contribution in [3.8, 4) is 17.2 Å². The van der Waals surface area contributed by atoms with E-state index in [9.17, 15) is 14.4 Å². The number of amides is 3. The van der Waals surface area contributed by atoms with Crippen molar-refractivity contribution in [2.75, 3.05) is 32.1 Å². The number of anilines is 1. The molecule has 2 aromatic heterocycles. The van der Waals surface area contributed by atoms with Gasteiger partial charge in [0.25, 0.3) is 5.91 Å². The van der Waals surface area contributed by atoms with Crippen molar-refractivity contribution < 1.29 is 29.0 Å². The molecule has 0 bridgehead atoms. The lowest BCUT2D eigenvalue weighted by Gasteiger charge is -2.30. The van der Waals surface area contributed by atoms with Gasteiger partial charge in [-0.2, -0.15) is 0 Å². The molecule has 5 rings (SSSR count). The smallest absolute Gasteiger partial charge is 0.407 e. The first-order chi connectivity index (χ1) is 19.9. The molecule has 212 valence electrons. The number of likely N-dealkylation sites (tertiary alicyclic amines) is 1. The Bertz CT molecular complexity index is 1570. The monoisotopic (exact) mass is 557 g/mol. The zero-order valence-electron chi connectivity index (χ0n) is 22.8. The third kappa shape index (κ3) is 6.08. The number of pyridine rings is 1. The van der Waals surface area contributed by atoms with Gasteiger partial charge in [0.05, 0.1) is 12.1 Å². The molecule has 41 heavy (non-hydrogen) atoms. The van der Waals surface area contributed by atoms with Gasteiger partial charge in [-0.1, -0.05) is 12.1 Å². The van der Waals surface area contributed by atoms with E-state index in [-0.39, 0.29) is 17.9 Å². The molecule has 4 aromatic rings. The molecule has 0 saturated carbocycles. The van der Waals surface area contributed by atoms with Gasteiger partial charge in [-0.15, -0.1) is 0 Å². The van der Waals surface area contributed by atoms with E-state index in [0.29, 0.717) is 53.8 Å². The second-order valence-electron chi connectivity index (χ2n) is 9.63. The summed E-state index contributed by atoms with van der Waals surface area (Å²) in [6.07, 6.45) is 3.85. The van der Waals surface area contributed by atoms with E-state index in [1.54, 1.807) is 55.8 Å². The van der Waals surface area contributed by atoms with Crippen molar-refractivity contribution in [2.24, 2.45) is 0 Å². The number of carboxylic acid groups (broad SMARTS) is 1. The van der Waals surface area contributed by atoms with Crippen LogP contribution in [0.5, 0.6) is 17.2 Å². The van der Waals surface area contributed by atoms with Gasteiger partial charge < -0.3 is 30.1 Å². The molecule has 2 aromatic carbocycles. The third-order valence-corrected chi connectivity index (χ3v) is 7.10. The zero-order chi connectivity index (χ0) is 28.9. The van der Waals surface area contributed by atoms with Gasteiger partial charge in [-0.05, 0) is 61.6 Å². The van der Waals surface area contributed by atoms with Crippen molar-refractivity contribution in [2.45, 2.75) is 25.7 Å². The Balaban J connectivity index is 1.28. The third-order valence-electron chi connectivity index (χ3n) is 7.10. The summed E-state index contributed by atoms with van der Waals surface area (Å²) in [5, 5.41) is 15.4. The molecule has 0 atom stereocenters. The van der Waals surface area contributed by atoms with Gasteiger partial charge >= 0.3 is 12.1 Å². The number of nitrogens with one attached hydrogen (secondary N) is 2. The summed E-state index contributed by atoms with van der Waals surface area (Å²) in [5.41, 5.74) is 2.25. The van der Waals surface area contributed by atoms with Crippen LogP contribution in [-0.4, -0.2) is 64.3 Å². The first-order valence-electron chi connectivity index (χ1n) is 13.4. The van der Waals surface area contributed by atoms with Crippen molar-refractivity contribution in [3.63, 3.8) is 0 Å². The standard InChI is InChI=1S/C30H31N5O6/c1-3-40-25-18-24-22(11-15-35(24)29(37)31-2)16-26(25)41-23-8-12-32-27(17-23)33-28(36)21-6-4-19(5-7-21)20-9-13-34(14-10-20)30(38)39/h4-8,11-12,15-18,20H,3,9-10,13-14H2,1-2H3,(H,31,37)(H,38,39)(H,32,33,36). The van der Waals surface area contributed by atoms with E-state index in [0.717, 1.165) is 23.8 Å². The molecule has 1 aliphatic heterocycles. The molecule has 3 amide bonds. The Kier molecular flexibility index (Phi) is 8.04. The summed E-state index contributed by atoms with van der Waals surface area (Å²) >= 11 is 0. The topological polar surface area (TPSA) is 135 Å². The first-order valence-corrected chi connectivity index (χ1v) is 13.4. The summed E-state index contributed by atoms with van der Waals surface area (Å²) in [5.74, 6) is 1.66. The highest BCUT2D eigenvalue weighted by Crippen LogP contribution is 2.37. The van der Waals surface area contributed by atoms with Crippen LogP contribution in [0.1, 0.15) is 41.6 Å². The summed E-state index contributed by atoms with van der Waals surface area (Å²) in [6, 6.07) is 15.8. The molecule has 11 heteroatoms. The number of nitrogens with zero attached hydrogens (tertiary/aromatic N) is 3. The Morgan fingerprint density at radius 1 is 1.02 bits per heavy atom. The molecule has 0 spiro atoms. The fourth-order valence-electron chi connectivity index (χ4n) is 4.96. The van der Waals surface area contributed by atoms with Crippen LogP contribution in [0.3, 0.4) is 0 Å². The Morgan fingerprint density at radius 3 is 2.46 bits per heavy atom. The molecule has 0 unspecified atom stereocenters. The van der Waals surface area contributed by atoms with E-state index >= 15 is 0 Å². The molecule has 3 heterocycles. The fraction of sp³-hybridized carbons (Fsp3) is 0.267. The van der Waals surface area contributed by atoms with Gasteiger partial charge in [0.15, 0.2) is 11.5 Å². The molecule has 1 aliphatic rings. The SMILES string of the molecule is CCOc1cc2c(ccn2C(=O)NC)cc1Oc1ccnc(NC(=O)c2ccc(C3CCN(C(=O)O)CC3)cc2)c1. The summed E-state index contributed by atoms with van der Waals surface area (Å²) in [6.45, 7) is 3.28. The van der Waals surface area contributed by atoms with Crippen LogP contribution >= 0.6 is 0 Å². The van der Waals surface area contributed by atoms with Gasteiger partial charge in [0.2, 0.25) is 0 Å². The number of hydrogen-bond donors (Lipinski definition) is 3. The van der Waals surface area contributed by atoms with Crippen LogP contribution < -0.4 is 20.1 Å². The van der Waals surface area contributed by atoms with Gasteiger partial charge in [0, 0.05) is 55.6 Å². The number of fused-ring (bicyclic) bond motifs is 1. The first kappa shape index (κ1) is 27.5. The van der Waals surface area contributed by atoms with Gasteiger partial charge in [-0.25, -0.2) is 14.6 Å². The minimum absolute atomic E-state index is 0.263. The van der Waals surface area contributed by atoms with Crippen LogP contribution in [0.15, 0.2) is 67.0 Å². The van der Waals surface area contributed by atoms with Crippen LogP contribution in [0, 0.1) is 0 Å². The number of hydrogen-bond acceptors (Lipinski definition) is 6. The maximum Gasteiger partial charge on any atom is 0.407 e. The normalized spacial score (nSPS) is 13.6. The number of ether oxygens (including phenoxy) is 2. The average molecular weight is 558 g/mol. The molecule has 1 fully saturated rings. The molecular weight excluding hydrogens is 526 g/mol. The predicted molar refractivity (Wildman–Crippen MR) is 153 cm³/mol. The lowest BCUT2D eigenvalue weighted by molar-refractivity contribution is 0.102. The molecule has 1 saturated heterocycles. The van der Waals surface area contributed by atoms with Crippen LogP contribution in [0.2, 0.25) is 0 Å². The quantitative estimate of drug-likeness (QED) is 0.272. The van der Waals surface area contributed by atoms with E-state index in [4.69, 9.17) is 14.6 Å². The Hall–Kier alpha value is -5.06. The number of carbonyl (C=O) groups excluding carboxylic acids is 2. The van der Waals surface area contributed by atoms with Gasteiger partial charge in [0.1, 0.15) is 11.6 Å². The summed E-state index contributed by atoms with van der Waals surface area (Å²) < 4.78 is 13.4. The summed E-state index contributed by atoms with van der Waals surface area (Å²) in [7, 11) is 1.57. The van der Waals surface area contributed by atoms with Crippen molar-refractivity contribution in [3.05, 3.63) is 78.1 Å². The van der Waals surface area contributed by atoms with Gasteiger partial charge in [-0.3, -0.25) is 9.36 Å². The molecule has 11 nitrogen and oxygen atoms in total. The second kappa shape index (κ2) is 12.0. The van der Waals surface area contributed by atoms with E-state index in [2.05, 4.69) is 15.6 Å². The minimum Gasteiger partial charge on any atom is -0.490 e. The van der Waals surface area contributed by atoms with Crippen molar-refractivity contribution in [1.29, 1.82) is 0 Å². The highest BCUT2D eigenvalue weighted by molar-refractivity contribution is 6.03. The maximum atomic E-state index is 12.9. The average Bonchev–Trinajstić information content (AvgIpc) is 3.40. The molecular formula is C30H31N5O6. The van der Waals surface area contributed by atoms with E-state index < -0.39 is 6.09 Å². The molecule has 3 N–H and O–H groups in total. The number of aromatic nitrogens is 2. The number of rotatable bonds is 7. The van der Waals surface area contributed by atoms with Crippen molar-refractivity contribution in [1.82, 2.24) is 19.8 Å². The highest BCUT2D eigenvalue weighted by Gasteiger charge is 2.23. The minimum atomic E-state index is -0.882. The lowest BCUT2D eigenvalue weighted by Crippen LogP contribution is -2.36. The zero-order valence-corrected chi connectivity index (χ0v) is 22.8. The number of piperidine rings is 1.